The highest BCUT2D eigenvalue weighted by Crippen LogP contribution is 2.26. The van der Waals surface area contributed by atoms with Gasteiger partial charge in [-0.3, -0.25) is 19.3 Å². The van der Waals surface area contributed by atoms with Gasteiger partial charge in [0.2, 0.25) is 5.91 Å². The van der Waals surface area contributed by atoms with Gasteiger partial charge in [-0.2, -0.15) is 0 Å². The predicted octanol–water partition coefficient (Wildman–Crippen LogP) is 0.482. The quantitative estimate of drug-likeness (QED) is 0.790. The summed E-state index contributed by atoms with van der Waals surface area (Å²) in [5.41, 5.74) is 1.31. The molecule has 1 aromatic rings. The van der Waals surface area contributed by atoms with E-state index in [0.29, 0.717) is 43.1 Å². The van der Waals surface area contributed by atoms with Crippen LogP contribution in [0.25, 0.3) is 0 Å². The van der Waals surface area contributed by atoms with Crippen molar-refractivity contribution < 1.29 is 19.1 Å². The van der Waals surface area contributed by atoms with Crippen LogP contribution in [0.1, 0.15) is 16.8 Å². The highest BCUT2D eigenvalue weighted by molar-refractivity contribution is 6.51. The molecule has 0 unspecified atom stereocenters. The third-order valence-corrected chi connectivity index (χ3v) is 3.76. The summed E-state index contributed by atoms with van der Waals surface area (Å²) in [6, 6.07) is 4.82. The Morgan fingerprint density at radius 2 is 2.05 bits per heavy atom. The van der Waals surface area contributed by atoms with Gasteiger partial charge in [0.1, 0.15) is 0 Å². The van der Waals surface area contributed by atoms with Crippen LogP contribution in [0, 0.1) is 0 Å². The van der Waals surface area contributed by atoms with Crippen LogP contribution in [0.15, 0.2) is 18.2 Å². The number of hydrogen-bond acceptors (Lipinski definition) is 5. The summed E-state index contributed by atoms with van der Waals surface area (Å²) in [7, 11) is 0. The minimum absolute atomic E-state index is 0.115. The largest absolute Gasteiger partial charge is 0.379 e. The number of ketones is 1. The number of ether oxygens (including phenoxy) is 1. The number of Topliss-reactive ketones (excluding diaryl/α,β-unsaturated/α-hetero) is 1. The number of nitrogens with zero attached hydrogens (tertiary/aromatic N) is 1. The molecule has 1 saturated heterocycles. The third kappa shape index (κ3) is 3.15. The molecule has 0 bridgehead atoms. The van der Waals surface area contributed by atoms with Gasteiger partial charge in [0.05, 0.1) is 24.5 Å². The Kier molecular flexibility index (Phi) is 4.17. The van der Waals surface area contributed by atoms with Crippen molar-refractivity contribution in [2.45, 2.75) is 6.42 Å². The van der Waals surface area contributed by atoms with Gasteiger partial charge in [0, 0.05) is 31.7 Å². The van der Waals surface area contributed by atoms with E-state index in [2.05, 4.69) is 15.5 Å². The molecule has 0 spiro atoms. The molecule has 0 atom stereocenters. The van der Waals surface area contributed by atoms with Crippen molar-refractivity contribution in [3.8, 4) is 0 Å². The van der Waals surface area contributed by atoms with Gasteiger partial charge in [-0.1, -0.05) is 0 Å². The van der Waals surface area contributed by atoms with E-state index < -0.39 is 11.7 Å². The first kappa shape index (κ1) is 14.7. The van der Waals surface area contributed by atoms with Gasteiger partial charge in [-0.25, -0.2) is 0 Å². The Labute approximate surface area is 127 Å². The minimum Gasteiger partial charge on any atom is -0.379 e. The van der Waals surface area contributed by atoms with Gasteiger partial charge in [-0.05, 0) is 18.2 Å². The lowest BCUT2D eigenvalue weighted by molar-refractivity contribution is -0.116. The number of carbonyl (C=O) groups is 3. The number of fused-ring (bicyclic) bond motifs is 1. The molecular weight excluding hydrogens is 286 g/mol. The molecule has 2 aliphatic heterocycles. The van der Waals surface area contributed by atoms with Crippen LogP contribution >= 0.6 is 0 Å². The Morgan fingerprint density at radius 3 is 2.82 bits per heavy atom. The van der Waals surface area contributed by atoms with Gasteiger partial charge in [0.25, 0.3) is 11.7 Å². The van der Waals surface area contributed by atoms with Crippen molar-refractivity contribution in [2.24, 2.45) is 0 Å². The van der Waals surface area contributed by atoms with E-state index in [1.807, 2.05) is 0 Å². The number of anilines is 2. The summed E-state index contributed by atoms with van der Waals surface area (Å²) in [6.07, 6.45) is 0.377. The van der Waals surface area contributed by atoms with Crippen molar-refractivity contribution in [2.75, 3.05) is 43.5 Å². The smallest absolute Gasteiger partial charge is 0.296 e. The second kappa shape index (κ2) is 6.25. The predicted molar refractivity (Wildman–Crippen MR) is 79.9 cm³/mol. The molecule has 22 heavy (non-hydrogen) atoms. The van der Waals surface area contributed by atoms with E-state index in [0.717, 1.165) is 13.1 Å². The summed E-state index contributed by atoms with van der Waals surface area (Å²) in [6.45, 7) is 3.77. The maximum absolute atomic E-state index is 12.0. The van der Waals surface area contributed by atoms with Gasteiger partial charge in [0.15, 0.2) is 0 Å². The van der Waals surface area contributed by atoms with E-state index >= 15 is 0 Å². The highest BCUT2D eigenvalue weighted by Gasteiger charge is 2.28. The highest BCUT2D eigenvalue weighted by atomic mass is 16.5. The van der Waals surface area contributed by atoms with E-state index in [1.165, 1.54) is 6.07 Å². The molecule has 1 fully saturated rings. The lowest BCUT2D eigenvalue weighted by Gasteiger charge is -2.26. The van der Waals surface area contributed by atoms with E-state index in [1.54, 1.807) is 12.1 Å². The van der Waals surface area contributed by atoms with E-state index in [-0.39, 0.29) is 5.91 Å². The first-order chi connectivity index (χ1) is 10.6. The lowest BCUT2D eigenvalue weighted by Crippen LogP contribution is -2.38. The monoisotopic (exact) mass is 303 g/mol. The van der Waals surface area contributed by atoms with E-state index in [9.17, 15) is 14.4 Å². The van der Waals surface area contributed by atoms with Crippen molar-refractivity contribution >= 4 is 29.0 Å². The molecule has 0 saturated carbocycles. The Morgan fingerprint density at radius 1 is 1.27 bits per heavy atom. The fourth-order valence-electron chi connectivity index (χ4n) is 2.53. The second-order valence-electron chi connectivity index (χ2n) is 5.30. The first-order valence-corrected chi connectivity index (χ1v) is 7.23. The average molecular weight is 303 g/mol. The summed E-state index contributed by atoms with van der Waals surface area (Å²) in [4.78, 5) is 37.0. The van der Waals surface area contributed by atoms with Crippen molar-refractivity contribution in [3.05, 3.63) is 23.8 Å². The molecule has 116 valence electrons. The maximum atomic E-state index is 12.0. The van der Waals surface area contributed by atoms with Crippen molar-refractivity contribution in [1.29, 1.82) is 0 Å². The van der Waals surface area contributed by atoms with Crippen LogP contribution in [0.2, 0.25) is 0 Å². The standard InChI is InChI=1S/C15H17N3O4/c19-13(3-4-18-5-7-22-8-6-18)16-10-1-2-12-11(9-10)14(20)15(21)17-12/h1-2,9H,3-8H2,(H,16,19)(H,17,20,21). The van der Waals surface area contributed by atoms with Crippen molar-refractivity contribution in [1.82, 2.24) is 4.90 Å². The molecule has 0 aromatic heterocycles. The van der Waals surface area contributed by atoms with Crippen LogP contribution in [0.3, 0.4) is 0 Å². The van der Waals surface area contributed by atoms with Crippen LogP contribution in [-0.2, 0) is 14.3 Å². The number of nitrogens with one attached hydrogen (secondary N) is 2. The summed E-state index contributed by atoms with van der Waals surface area (Å²) >= 11 is 0. The molecule has 0 radical (unpaired) electrons. The van der Waals surface area contributed by atoms with Gasteiger partial charge in [-0.15, -0.1) is 0 Å². The summed E-state index contributed by atoms with van der Waals surface area (Å²) < 4.78 is 5.26. The van der Waals surface area contributed by atoms with Crippen LogP contribution < -0.4 is 10.6 Å². The third-order valence-electron chi connectivity index (χ3n) is 3.76. The Bertz CT molecular complexity index is 623. The summed E-state index contributed by atoms with van der Waals surface area (Å²) in [5.74, 6) is -1.32. The SMILES string of the molecule is O=C(CCN1CCOCC1)Nc1ccc2c(c1)C(=O)C(=O)N2. The van der Waals surface area contributed by atoms with E-state index in [4.69, 9.17) is 4.74 Å². The molecule has 2 amide bonds. The molecule has 2 heterocycles. The van der Waals surface area contributed by atoms with Gasteiger partial charge < -0.3 is 15.4 Å². The molecular formula is C15H17N3O4. The Balaban J connectivity index is 1.56. The number of carbonyl (C=O) groups excluding carboxylic acids is 3. The molecule has 1 aromatic carbocycles. The number of morpholine rings is 1. The zero-order chi connectivity index (χ0) is 15.5. The number of rotatable bonds is 4. The molecule has 0 aliphatic carbocycles. The fourth-order valence-corrected chi connectivity index (χ4v) is 2.53. The molecule has 2 aliphatic rings. The zero-order valence-electron chi connectivity index (χ0n) is 12.1. The zero-order valence-corrected chi connectivity index (χ0v) is 12.1. The average Bonchev–Trinajstić information content (AvgIpc) is 2.81. The van der Waals surface area contributed by atoms with Crippen LogP contribution in [-0.4, -0.2) is 55.3 Å². The number of hydrogen-bond donors (Lipinski definition) is 2. The number of amides is 2. The maximum Gasteiger partial charge on any atom is 0.296 e. The second-order valence-corrected chi connectivity index (χ2v) is 5.30. The van der Waals surface area contributed by atoms with Gasteiger partial charge >= 0.3 is 0 Å². The normalized spacial score (nSPS) is 18.0. The fraction of sp³-hybridized carbons (Fsp3) is 0.400. The van der Waals surface area contributed by atoms with Crippen LogP contribution in [0.5, 0.6) is 0 Å². The Hall–Kier alpha value is -2.25. The minimum atomic E-state index is -0.634. The molecule has 3 rings (SSSR count). The molecule has 2 N–H and O–H groups in total. The number of benzene rings is 1. The molecule has 7 heteroatoms. The topological polar surface area (TPSA) is 87.7 Å². The lowest BCUT2D eigenvalue weighted by atomic mass is 10.1. The molecule has 7 nitrogen and oxygen atoms in total. The first-order valence-electron chi connectivity index (χ1n) is 7.23. The van der Waals surface area contributed by atoms with Crippen molar-refractivity contribution in [3.63, 3.8) is 0 Å². The summed E-state index contributed by atoms with van der Waals surface area (Å²) in [5, 5.41) is 5.23. The van der Waals surface area contributed by atoms with Crippen LogP contribution in [0.4, 0.5) is 11.4 Å².